The van der Waals surface area contributed by atoms with E-state index >= 15 is 0 Å². The van der Waals surface area contributed by atoms with Gasteiger partial charge in [-0.15, -0.1) is 0 Å². The highest BCUT2D eigenvalue weighted by molar-refractivity contribution is 6.21. The average molecular weight is 378 g/mol. The van der Waals surface area contributed by atoms with Gasteiger partial charge in [-0.1, -0.05) is 37.3 Å². The maximum absolute atomic E-state index is 12.0. The summed E-state index contributed by atoms with van der Waals surface area (Å²) in [5.41, 5.74) is 3.63. The van der Waals surface area contributed by atoms with Crippen LogP contribution in [0.3, 0.4) is 0 Å². The minimum absolute atomic E-state index is 0.132. The molecule has 7 nitrogen and oxygen atoms in total. The molecule has 0 saturated heterocycles. The number of anilines is 2. The van der Waals surface area contributed by atoms with Crippen LogP contribution in [0.15, 0.2) is 47.5 Å². The van der Waals surface area contributed by atoms with Crippen molar-refractivity contribution in [3.05, 3.63) is 59.2 Å². The highest BCUT2D eigenvalue weighted by atomic mass is 16.4. The zero-order valence-corrected chi connectivity index (χ0v) is 15.5. The van der Waals surface area contributed by atoms with Crippen LogP contribution in [0.25, 0.3) is 11.6 Å². The molecule has 7 heteroatoms. The van der Waals surface area contributed by atoms with E-state index in [4.69, 9.17) is 0 Å². The predicted octanol–water partition coefficient (Wildman–Crippen LogP) is 2.81. The lowest BCUT2D eigenvalue weighted by atomic mass is 9.99. The topological polar surface area (TPSA) is 103 Å². The zero-order chi connectivity index (χ0) is 19.9. The van der Waals surface area contributed by atoms with Gasteiger partial charge in [0.1, 0.15) is 0 Å². The van der Waals surface area contributed by atoms with Gasteiger partial charge < -0.3 is 21.1 Å². The van der Waals surface area contributed by atoms with Crippen LogP contribution >= 0.6 is 0 Å². The summed E-state index contributed by atoms with van der Waals surface area (Å²) < 4.78 is 0. The number of aliphatic imine (C=N–C) groups is 1. The lowest BCUT2D eigenvalue weighted by Gasteiger charge is -2.12. The molecule has 0 unspecified atom stereocenters. The molecule has 0 fully saturated rings. The Morgan fingerprint density at radius 1 is 1.29 bits per heavy atom. The Kier molecular flexibility index (Phi) is 6.06. The number of carbonyl (C=O) groups excluding carboxylic acids is 1. The zero-order valence-electron chi connectivity index (χ0n) is 15.5. The number of benzene rings is 2. The van der Waals surface area contributed by atoms with E-state index in [0.29, 0.717) is 35.7 Å². The number of carbonyl (C=O) groups is 2. The number of aryl methyl sites for hydroxylation is 1. The van der Waals surface area contributed by atoms with E-state index in [-0.39, 0.29) is 5.57 Å². The van der Waals surface area contributed by atoms with Crippen molar-refractivity contribution in [2.75, 3.05) is 23.7 Å². The molecule has 0 bridgehead atoms. The summed E-state index contributed by atoms with van der Waals surface area (Å²) in [5, 5.41) is 18.8. The molecular weight excluding hydrogens is 356 g/mol. The normalized spacial score (nSPS) is 13.5. The number of aliphatic carboxylic acids is 1. The van der Waals surface area contributed by atoms with Crippen molar-refractivity contribution >= 4 is 41.4 Å². The van der Waals surface area contributed by atoms with Gasteiger partial charge in [0.25, 0.3) is 0 Å². The molecule has 3 rings (SSSR count). The van der Waals surface area contributed by atoms with Gasteiger partial charge in [0.2, 0.25) is 6.41 Å². The quantitative estimate of drug-likeness (QED) is 0.337. The summed E-state index contributed by atoms with van der Waals surface area (Å²) in [4.78, 5) is 27.3. The fourth-order valence-electron chi connectivity index (χ4n) is 3.08. The Morgan fingerprint density at radius 3 is 2.79 bits per heavy atom. The Morgan fingerprint density at radius 2 is 2.11 bits per heavy atom. The number of hydrogen-bond donors (Lipinski definition) is 4. The SMILES string of the molecule is CCc1cccc(C=C(C(=O)O)c2cccc(NC3=NCCN3)c2)c1NC=O. The second kappa shape index (κ2) is 8.85. The average Bonchev–Trinajstić information content (AvgIpc) is 3.20. The molecule has 0 spiro atoms. The van der Waals surface area contributed by atoms with Gasteiger partial charge in [-0.25, -0.2) is 4.79 Å². The number of nitrogens with zero attached hydrogens (tertiary/aromatic N) is 1. The smallest absolute Gasteiger partial charge is 0.336 e. The van der Waals surface area contributed by atoms with Gasteiger partial charge in [0.05, 0.1) is 17.8 Å². The van der Waals surface area contributed by atoms with E-state index in [1.807, 2.05) is 25.1 Å². The van der Waals surface area contributed by atoms with Crippen LogP contribution in [0, 0.1) is 0 Å². The molecule has 1 aliphatic heterocycles. The van der Waals surface area contributed by atoms with E-state index in [0.717, 1.165) is 24.2 Å². The fourth-order valence-corrected chi connectivity index (χ4v) is 3.08. The van der Waals surface area contributed by atoms with Crippen LogP contribution in [0.1, 0.15) is 23.6 Å². The summed E-state index contributed by atoms with van der Waals surface area (Å²) in [7, 11) is 0. The van der Waals surface area contributed by atoms with Gasteiger partial charge in [-0.3, -0.25) is 9.79 Å². The van der Waals surface area contributed by atoms with E-state index in [2.05, 4.69) is 20.9 Å². The summed E-state index contributed by atoms with van der Waals surface area (Å²) in [6.45, 7) is 3.47. The molecular formula is C21H22N4O3. The Hall–Kier alpha value is -3.61. The molecule has 1 amide bonds. The summed E-state index contributed by atoms with van der Waals surface area (Å²) in [5.74, 6) is -0.376. The summed E-state index contributed by atoms with van der Waals surface area (Å²) in [6, 6.07) is 12.7. The first kappa shape index (κ1) is 19.2. The molecule has 4 N–H and O–H groups in total. The lowest BCUT2D eigenvalue weighted by Crippen LogP contribution is -2.26. The van der Waals surface area contributed by atoms with Crippen molar-refractivity contribution in [3.63, 3.8) is 0 Å². The maximum atomic E-state index is 12.0. The number of carboxylic acids is 1. The van der Waals surface area contributed by atoms with E-state index < -0.39 is 5.97 Å². The van der Waals surface area contributed by atoms with Crippen molar-refractivity contribution in [2.24, 2.45) is 4.99 Å². The van der Waals surface area contributed by atoms with Gasteiger partial charge in [-0.2, -0.15) is 0 Å². The fraction of sp³-hybridized carbons (Fsp3) is 0.190. The minimum Gasteiger partial charge on any atom is -0.478 e. The predicted molar refractivity (Wildman–Crippen MR) is 111 cm³/mol. The first-order chi connectivity index (χ1) is 13.6. The monoisotopic (exact) mass is 378 g/mol. The molecule has 144 valence electrons. The third-order valence-electron chi connectivity index (χ3n) is 4.41. The summed E-state index contributed by atoms with van der Waals surface area (Å²) >= 11 is 0. The highest BCUT2D eigenvalue weighted by Crippen LogP contribution is 2.28. The third kappa shape index (κ3) is 4.37. The second-order valence-electron chi connectivity index (χ2n) is 6.22. The molecule has 1 heterocycles. The molecule has 2 aromatic carbocycles. The van der Waals surface area contributed by atoms with Gasteiger partial charge in [0.15, 0.2) is 5.96 Å². The van der Waals surface area contributed by atoms with Crippen molar-refractivity contribution in [3.8, 4) is 0 Å². The number of amides is 1. The van der Waals surface area contributed by atoms with E-state index in [9.17, 15) is 14.7 Å². The third-order valence-corrected chi connectivity index (χ3v) is 4.41. The van der Waals surface area contributed by atoms with E-state index in [1.54, 1.807) is 30.3 Å². The Bertz CT molecular complexity index is 950. The Labute approximate surface area is 163 Å². The van der Waals surface area contributed by atoms with Crippen LogP contribution in [-0.2, 0) is 16.0 Å². The van der Waals surface area contributed by atoms with Gasteiger partial charge in [0, 0.05) is 12.2 Å². The Balaban J connectivity index is 2.01. The molecule has 0 aliphatic carbocycles. The van der Waals surface area contributed by atoms with E-state index in [1.165, 1.54) is 0 Å². The van der Waals surface area contributed by atoms with Crippen LogP contribution < -0.4 is 16.0 Å². The van der Waals surface area contributed by atoms with Crippen molar-refractivity contribution in [1.82, 2.24) is 5.32 Å². The van der Waals surface area contributed by atoms with Gasteiger partial charge >= 0.3 is 5.97 Å². The molecule has 0 saturated carbocycles. The van der Waals surface area contributed by atoms with Crippen LogP contribution in [0.4, 0.5) is 11.4 Å². The second-order valence-corrected chi connectivity index (χ2v) is 6.22. The molecule has 28 heavy (non-hydrogen) atoms. The number of hydrogen-bond acceptors (Lipinski definition) is 5. The molecule has 0 aromatic heterocycles. The van der Waals surface area contributed by atoms with Crippen LogP contribution in [0.5, 0.6) is 0 Å². The van der Waals surface area contributed by atoms with Crippen molar-refractivity contribution in [2.45, 2.75) is 13.3 Å². The van der Waals surface area contributed by atoms with Crippen molar-refractivity contribution < 1.29 is 14.7 Å². The highest BCUT2D eigenvalue weighted by Gasteiger charge is 2.14. The number of carboxylic acid groups (broad SMARTS) is 1. The maximum Gasteiger partial charge on any atom is 0.336 e. The minimum atomic E-state index is -1.05. The molecule has 2 aromatic rings. The molecule has 1 aliphatic rings. The van der Waals surface area contributed by atoms with Gasteiger partial charge in [-0.05, 0) is 41.3 Å². The molecule has 0 atom stereocenters. The first-order valence-corrected chi connectivity index (χ1v) is 9.05. The first-order valence-electron chi connectivity index (χ1n) is 9.05. The van der Waals surface area contributed by atoms with Crippen molar-refractivity contribution in [1.29, 1.82) is 0 Å². The number of para-hydroxylation sites is 1. The van der Waals surface area contributed by atoms with Crippen LogP contribution in [0.2, 0.25) is 0 Å². The standard InChI is InChI=1S/C21H22N4O3/c1-2-14-5-3-7-16(19(14)24-13-26)12-18(20(27)28)15-6-4-8-17(11-15)25-21-22-9-10-23-21/h3-8,11-13H,2,9-10H2,1H3,(H,24,26)(H,27,28)(H2,22,23,25). The summed E-state index contributed by atoms with van der Waals surface area (Å²) in [6.07, 6.45) is 2.90. The largest absolute Gasteiger partial charge is 0.478 e. The lowest BCUT2D eigenvalue weighted by molar-refractivity contribution is -0.130. The number of nitrogens with one attached hydrogen (secondary N) is 3. The number of rotatable bonds is 7. The number of guanidine groups is 1. The molecule has 0 radical (unpaired) electrons. The van der Waals surface area contributed by atoms with Crippen LogP contribution in [-0.4, -0.2) is 36.5 Å².